The molecule has 1 aromatic carbocycles. The van der Waals surface area contributed by atoms with Gasteiger partial charge in [0.2, 0.25) is 0 Å². The zero-order valence-corrected chi connectivity index (χ0v) is 13.2. The monoisotopic (exact) mass is 325 g/mol. The Bertz CT molecular complexity index is 870. The summed E-state index contributed by atoms with van der Waals surface area (Å²) in [5.74, 6) is -0.939. The van der Waals surface area contributed by atoms with E-state index in [4.69, 9.17) is 0 Å². The van der Waals surface area contributed by atoms with Crippen LogP contribution in [0.4, 0.5) is 5.13 Å². The van der Waals surface area contributed by atoms with Gasteiger partial charge in [0, 0.05) is 18.7 Å². The van der Waals surface area contributed by atoms with E-state index in [1.54, 1.807) is 6.07 Å². The highest BCUT2D eigenvalue weighted by molar-refractivity contribution is 7.22. The third kappa shape index (κ3) is 2.55. The molecule has 0 spiro atoms. The molecule has 1 fully saturated rings. The fourth-order valence-electron chi connectivity index (χ4n) is 2.86. The molecule has 0 atom stereocenters. The van der Waals surface area contributed by atoms with E-state index < -0.39 is 5.97 Å². The molecule has 0 radical (unpaired) electrons. The van der Waals surface area contributed by atoms with Gasteiger partial charge in [0.1, 0.15) is 0 Å². The maximum atomic E-state index is 11.7. The standard InChI is InChI=1S/C17H15N3O2S/c21-16(22)12-10-13(11-6-2-1-3-7-11)18-15-14(12)23-17(19-15)20-8-4-5-9-20/h1-3,6-7,10H,4-5,8-9H2,(H,21,22). The van der Waals surface area contributed by atoms with Gasteiger partial charge in [-0.05, 0) is 18.9 Å². The largest absolute Gasteiger partial charge is 0.478 e. The summed E-state index contributed by atoms with van der Waals surface area (Å²) in [5, 5.41) is 10.4. The second kappa shape index (κ2) is 5.62. The smallest absolute Gasteiger partial charge is 0.337 e. The zero-order valence-electron chi connectivity index (χ0n) is 12.4. The van der Waals surface area contributed by atoms with Crippen molar-refractivity contribution in [3.63, 3.8) is 0 Å². The van der Waals surface area contributed by atoms with E-state index in [0.29, 0.717) is 16.0 Å². The van der Waals surface area contributed by atoms with Gasteiger partial charge < -0.3 is 10.0 Å². The summed E-state index contributed by atoms with van der Waals surface area (Å²) in [6.45, 7) is 1.96. The van der Waals surface area contributed by atoms with Gasteiger partial charge in [-0.2, -0.15) is 4.98 Å². The highest BCUT2D eigenvalue weighted by Gasteiger charge is 2.21. The van der Waals surface area contributed by atoms with Crippen molar-refractivity contribution in [3.05, 3.63) is 42.0 Å². The van der Waals surface area contributed by atoms with E-state index in [2.05, 4.69) is 14.9 Å². The number of aromatic carboxylic acids is 1. The lowest BCUT2D eigenvalue weighted by molar-refractivity contribution is 0.0699. The van der Waals surface area contributed by atoms with E-state index in [9.17, 15) is 9.90 Å². The summed E-state index contributed by atoms with van der Waals surface area (Å²) in [5.41, 5.74) is 2.34. The SMILES string of the molecule is O=C(O)c1cc(-c2ccccc2)nc2nc(N3CCCC3)sc12. The molecule has 6 heteroatoms. The lowest BCUT2D eigenvalue weighted by Crippen LogP contribution is -2.16. The van der Waals surface area contributed by atoms with E-state index in [0.717, 1.165) is 36.6 Å². The number of carbonyl (C=O) groups is 1. The van der Waals surface area contributed by atoms with Crippen molar-refractivity contribution < 1.29 is 9.90 Å². The number of benzene rings is 1. The van der Waals surface area contributed by atoms with Crippen molar-refractivity contribution in [2.75, 3.05) is 18.0 Å². The molecule has 0 unspecified atom stereocenters. The van der Waals surface area contributed by atoms with Crippen LogP contribution in [0.3, 0.4) is 0 Å². The summed E-state index contributed by atoms with van der Waals surface area (Å²) in [6, 6.07) is 11.2. The summed E-state index contributed by atoms with van der Waals surface area (Å²) < 4.78 is 0.652. The number of aromatic nitrogens is 2. The fraction of sp³-hybridized carbons (Fsp3) is 0.235. The quantitative estimate of drug-likeness (QED) is 0.796. The van der Waals surface area contributed by atoms with Crippen LogP contribution in [0.5, 0.6) is 0 Å². The molecule has 1 aliphatic heterocycles. The molecule has 0 bridgehead atoms. The van der Waals surface area contributed by atoms with E-state index >= 15 is 0 Å². The predicted octanol–water partition coefficient (Wildman–Crippen LogP) is 3.66. The van der Waals surface area contributed by atoms with Crippen LogP contribution in [-0.4, -0.2) is 34.1 Å². The molecule has 5 nitrogen and oxygen atoms in total. The Morgan fingerprint density at radius 2 is 1.87 bits per heavy atom. The number of pyridine rings is 1. The third-order valence-electron chi connectivity index (χ3n) is 4.03. The molecule has 0 saturated carbocycles. The number of carboxylic acid groups (broad SMARTS) is 1. The number of thiazole rings is 1. The van der Waals surface area contributed by atoms with Gasteiger partial charge in [-0.15, -0.1) is 0 Å². The summed E-state index contributed by atoms with van der Waals surface area (Å²) in [6.07, 6.45) is 2.31. The lowest BCUT2D eigenvalue weighted by atomic mass is 10.1. The topological polar surface area (TPSA) is 66.3 Å². The van der Waals surface area contributed by atoms with Crippen molar-refractivity contribution in [1.82, 2.24) is 9.97 Å². The summed E-state index contributed by atoms with van der Waals surface area (Å²) >= 11 is 1.42. The minimum atomic E-state index is -0.939. The molecule has 0 aliphatic carbocycles. The molecule has 116 valence electrons. The average Bonchev–Trinajstić information content (AvgIpc) is 3.23. The van der Waals surface area contributed by atoms with Gasteiger partial charge in [0.05, 0.1) is 16.0 Å². The van der Waals surface area contributed by atoms with Crippen LogP contribution in [-0.2, 0) is 0 Å². The first-order valence-electron chi connectivity index (χ1n) is 7.57. The zero-order chi connectivity index (χ0) is 15.8. The highest BCUT2D eigenvalue weighted by Crippen LogP contribution is 2.34. The van der Waals surface area contributed by atoms with Crippen molar-refractivity contribution in [3.8, 4) is 11.3 Å². The van der Waals surface area contributed by atoms with Gasteiger partial charge >= 0.3 is 5.97 Å². The first kappa shape index (κ1) is 14.1. The second-order valence-corrected chi connectivity index (χ2v) is 6.55. The van der Waals surface area contributed by atoms with Crippen LogP contribution in [0, 0.1) is 0 Å². The average molecular weight is 325 g/mol. The molecule has 1 N–H and O–H groups in total. The van der Waals surface area contributed by atoms with Crippen LogP contribution >= 0.6 is 11.3 Å². The molecule has 3 heterocycles. The molecule has 23 heavy (non-hydrogen) atoms. The molecular formula is C17H15N3O2S. The van der Waals surface area contributed by atoms with Gasteiger partial charge in [-0.25, -0.2) is 9.78 Å². The van der Waals surface area contributed by atoms with Crippen LogP contribution in [0.1, 0.15) is 23.2 Å². The van der Waals surface area contributed by atoms with E-state index in [1.807, 2.05) is 30.3 Å². The number of hydrogen-bond acceptors (Lipinski definition) is 5. The number of carboxylic acids is 1. The van der Waals surface area contributed by atoms with Gasteiger partial charge in [0.15, 0.2) is 10.8 Å². The lowest BCUT2D eigenvalue weighted by Gasteiger charge is -2.11. The van der Waals surface area contributed by atoms with Crippen molar-refractivity contribution in [2.24, 2.45) is 0 Å². The Morgan fingerprint density at radius 1 is 1.13 bits per heavy atom. The van der Waals surface area contributed by atoms with Crippen molar-refractivity contribution in [2.45, 2.75) is 12.8 Å². The molecule has 2 aromatic heterocycles. The number of anilines is 1. The summed E-state index contributed by atoms with van der Waals surface area (Å²) in [7, 11) is 0. The van der Waals surface area contributed by atoms with Crippen LogP contribution in [0.25, 0.3) is 21.6 Å². The Morgan fingerprint density at radius 3 is 2.57 bits per heavy atom. The molecule has 3 aromatic rings. The predicted molar refractivity (Wildman–Crippen MR) is 91.3 cm³/mol. The van der Waals surface area contributed by atoms with Crippen LogP contribution in [0.15, 0.2) is 36.4 Å². The van der Waals surface area contributed by atoms with Gasteiger partial charge in [-0.1, -0.05) is 41.7 Å². The Hall–Kier alpha value is -2.47. The second-order valence-electron chi connectivity index (χ2n) is 5.57. The molecule has 0 amide bonds. The first-order chi connectivity index (χ1) is 11.2. The van der Waals surface area contributed by atoms with Gasteiger partial charge in [-0.3, -0.25) is 0 Å². The Kier molecular flexibility index (Phi) is 3.46. The Balaban J connectivity index is 1.89. The Labute approximate surface area is 137 Å². The number of nitrogens with zero attached hydrogens (tertiary/aromatic N) is 3. The van der Waals surface area contributed by atoms with Crippen LogP contribution < -0.4 is 4.90 Å². The molecular weight excluding hydrogens is 310 g/mol. The van der Waals surface area contributed by atoms with Crippen molar-refractivity contribution in [1.29, 1.82) is 0 Å². The maximum Gasteiger partial charge on any atom is 0.337 e. The minimum absolute atomic E-state index is 0.275. The number of hydrogen-bond donors (Lipinski definition) is 1. The number of rotatable bonds is 3. The fourth-order valence-corrected chi connectivity index (χ4v) is 3.93. The molecule has 4 rings (SSSR count). The van der Waals surface area contributed by atoms with E-state index in [-0.39, 0.29) is 5.56 Å². The van der Waals surface area contributed by atoms with Crippen molar-refractivity contribution >= 4 is 32.8 Å². The third-order valence-corrected chi connectivity index (χ3v) is 5.17. The summed E-state index contributed by atoms with van der Waals surface area (Å²) in [4.78, 5) is 23.1. The minimum Gasteiger partial charge on any atom is -0.478 e. The van der Waals surface area contributed by atoms with Gasteiger partial charge in [0.25, 0.3) is 0 Å². The molecule has 1 saturated heterocycles. The first-order valence-corrected chi connectivity index (χ1v) is 8.39. The highest BCUT2D eigenvalue weighted by atomic mass is 32.1. The normalized spacial score (nSPS) is 14.5. The maximum absolute atomic E-state index is 11.7. The number of fused-ring (bicyclic) bond motifs is 1. The van der Waals surface area contributed by atoms with Crippen LogP contribution in [0.2, 0.25) is 0 Å². The van der Waals surface area contributed by atoms with E-state index in [1.165, 1.54) is 11.3 Å². The molecule has 1 aliphatic rings.